The third-order valence-corrected chi connectivity index (χ3v) is 10.7. The fraction of sp³-hybridized carbons (Fsp3) is 0.392. The van der Waals surface area contributed by atoms with Gasteiger partial charge in [0.15, 0.2) is 0 Å². The standard InChI is InChI=1S/C44H53N.C7H14O/c1-9-10-11-21-32-45-40-31-30-37-25-18-20-27-39(37)42(40)44(7,8)35(4)23-16-14-12-13-15-22-34(3)43(5,6)41-33(2)28-29-36-24-17-19-26-38(36)41;1-2-3-4-5-6-7-8/h12-20,22-31,45H,4,9-11,21,32H2,1-3,5-8H3;7H,2-6H2,1H3/b14-12+,15-13+,23-16+,34-22-;. The van der Waals surface area contributed by atoms with E-state index in [4.69, 9.17) is 0 Å². The van der Waals surface area contributed by atoms with Crippen molar-refractivity contribution in [3.05, 3.63) is 150 Å². The molecule has 0 amide bonds. The minimum absolute atomic E-state index is 0.0763. The lowest BCUT2D eigenvalue weighted by Gasteiger charge is -2.31. The van der Waals surface area contributed by atoms with Gasteiger partial charge < -0.3 is 10.1 Å². The first kappa shape index (κ1) is 43.0. The van der Waals surface area contributed by atoms with Crippen LogP contribution in [0.2, 0.25) is 0 Å². The summed E-state index contributed by atoms with van der Waals surface area (Å²) < 4.78 is 0. The van der Waals surface area contributed by atoms with Gasteiger partial charge in [-0.2, -0.15) is 0 Å². The lowest BCUT2D eigenvalue weighted by Crippen LogP contribution is -2.22. The van der Waals surface area contributed by atoms with E-state index in [0.717, 1.165) is 31.2 Å². The molecular weight excluding hydrogens is 643 g/mol. The van der Waals surface area contributed by atoms with Gasteiger partial charge in [-0.1, -0.05) is 201 Å². The number of allylic oxidation sites excluding steroid dienone is 9. The third kappa shape index (κ3) is 12.3. The largest absolute Gasteiger partial charge is 0.385 e. The van der Waals surface area contributed by atoms with Gasteiger partial charge in [-0.15, -0.1) is 0 Å². The second-order valence-electron chi connectivity index (χ2n) is 15.4. The summed E-state index contributed by atoms with van der Waals surface area (Å²) in [4.78, 5) is 9.77. The number of benzene rings is 4. The molecule has 2 heteroatoms. The molecule has 0 saturated carbocycles. The minimum Gasteiger partial charge on any atom is -0.385 e. The maximum atomic E-state index is 9.77. The van der Waals surface area contributed by atoms with Crippen LogP contribution in [-0.2, 0) is 15.6 Å². The predicted octanol–water partition coefficient (Wildman–Crippen LogP) is 14.9. The van der Waals surface area contributed by atoms with Gasteiger partial charge >= 0.3 is 0 Å². The molecule has 0 spiro atoms. The van der Waals surface area contributed by atoms with Gasteiger partial charge in [0.2, 0.25) is 0 Å². The van der Waals surface area contributed by atoms with Crippen molar-refractivity contribution < 1.29 is 4.79 Å². The van der Waals surface area contributed by atoms with E-state index < -0.39 is 0 Å². The van der Waals surface area contributed by atoms with Crippen LogP contribution >= 0.6 is 0 Å². The first-order valence-electron chi connectivity index (χ1n) is 20.1. The van der Waals surface area contributed by atoms with Crippen LogP contribution in [0.5, 0.6) is 0 Å². The molecule has 0 aliphatic heterocycles. The Morgan fingerprint density at radius 1 is 0.660 bits per heavy atom. The zero-order valence-corrected chi connectivity index (χ0v) is 34.2. The molecule has 0 saturated heterocycles. The van der Waals surface area contributed by atoms with Crippen molar-refractivity contribution in [3.8, 4) is 0 Å². The maximum Gasteiger partial charge on any atom is 0.119 e. The highest BCUT2D eigenvalue weighted by Gasteiger charge is 2.28. The monoisotopic (exact) mass is 710 g/mol. The zero-order valence-electron chi connectivity index (χ0n) is 34.2. The number of fused-ring (bicyclic) bond motifs is 2. The molecule has 4 aromatic carbocycles. The van der Waals surface area contributed by atoms with Crippen LogP contribution in [0.15, 0.2) is 133 Å². The first-order chi connectivity index (χ1) is 25.5. The normalized spacial score (nSPS) is 12.6. The zero-order chi connectivity index (χ0) is 38.7. The van der Waals surface area contributed by atoms with Gasteiger partial charge in [0.05, 0.1) is 0 Å². The third-order valence-electron chi connectivity index (χ3n) is 10.7. The number of hydrogen-bond donors (Lipinski definition) is 1. The predicted molar refractivity (Wildman–Crippen MR) is 236 cm³/mol. The second kappa shape index (κ2) is 21.9. The molecule has 0 atom stereocenters. The molecule has 0 unspecified atom stereocenters. The van der Waals surface area contributed by atoms with Crippen LogP contribution in [-0.4, -0.2) is 12.8 Å². The summed E-state index contributed by atoms with van der Waals surface area (Å²) in [6.45, 7) is 23.7. The Balaban J connectivity index is 0.000000846. The molecule has 0 heterocycles. The molecule has 0 fully saturated rings. The van der Waals surface area contributed by atoms with Gasteiger partial charge in [0, 0.05) is 29.5 Å². The van der Waals surface area contributed by atoms with Gasteiger partial charge in [0.1, 0.15) is 6.29 Å². The van der Waals surface area contributed by atoms with Gasteiger partial charge in [-0.3, -0.25) is 0 Å². The highest BCUT2D eigenvalue weighted by Crippen LogP contribution is 2.41. The Hall–Kier alpha value is -4.43. The van der Waals surface area contributed by atoms with Crippen molar-refractivity contribution in [2.45, 2.75) is 124 Å². The SMILES string of the molecule is C=C(/C=C/C=C/C=C/C=C(/C)C(C)(C)c1c(C)ccc2ccccc12)C(C)(C)c1c(NCCCCCC)ccc2ccccc12.CCCCCCC=O. The maximum absolute atomic E-state index is 9.77. The van der Waals surface area contributed by atoms with E-state index >= 15 is 0 Å². The summed E-state index contributed by atoms with van der Waals surface area (Å²) >= 11 is 0. The van der Waals surface area contributed by atoms with Crippen LogP contribution in [0.1, 0.15) is 123 Å². The number of nitrogens with one attached hydrogen (secondary N) is 1. The average molecular weight is 710 g/mol. The number of unbranched alkanes of at least 4 members (excludes halogenated alkanes) is 7. The second-order valence-corrected chi connectivity index (χ2v) is 15.4. The Morgan fingerprint density at radius 3 is 1.87 bits per heavy atom. The Kier molecular flexibility index (Phi) is 17.8. The smallest absolute Gasteiger partial charge is 0.119 e. The molecule has 53 heavy (non-hydrogen) atoms. The first-order valence-corrected chi connectivity index (χ1v) is 20.1. The molecule has 0 aromatic heterocycles. The number of anilines is 1. The van der Waals surface area contributed by atoms with Gasteiger partial charge in [-0.05, 0) is 76.6 Å². The van der Waals surface area contributed by atoms with Crippen molar-refractivity contribution in [3.63, 3.8) is 0 Å². The van der Waals surface area contributed by atoms with Crippen molar-refractivity contribution >= 4 is 33.5 Å². The van der Waals surface area contributed by atoms with Crippen molar-refractivity contribution in [1.29, 1.82) is 0 Å². The van der Waals surface area contributed by atoms with E-state index in [1.54, 1.807) is 0 Å². The number of hydrogen-bond acceptors (Lipinski definition) is 2. The molecule has 282 valence electrons. The Labute approximate surface area is 322 Å². The van der Waals surface area contributed by atoms with Crippen LogP contribution in [0.25, 0.3) is 21.5 Å². The number of aldehydes is 1. The molecule has 0 bridgehead atoms. The topological polar surface area (TPSA) is 29.1 Å². The fourth-order valence-electron chi connectivity index (χ4n) is 7.07. The molecule has 0 aliphatic carbocycles. The highest BCUT2D eigenvalue weighted by atomic mass is 16.1. The molecule has 4 aromatic rings. The molecule has 4 rings (SSSR count). The molecule has 2 nitrogen and oxygen atoms in total. The molecular formula is C51H67NO. The van der Waals surface area contributed by atoms with E-state index in [0.29, 0.717) is 0 Å². The molecule has 0 radical (unpaired) electrons. The van der Waals surface area contributed by atoms with Crippen LogP contribution in [0.3, 0.4) is 0 Å². The summed E-state index contributed by atoms with van der Waals surface area (Å²) in [6.07, 6.45) is 26.5. The summed E-state index contributed by atoms with van der Waals surface area (Å²) in [5, 5.41) is 8.95. The van der Waals surface area contributed by atoms with Crippen LogP contribution in [0.4, 0.5) is 5.69 Å². The van der Waals surface area contributed by atoms with E-state index in [9.17, 15) is 4.79 Å². The number of carbonyl (C=O) groups is 1. The highest BCUT2D eigenvalue weighted by molar-refractivity contribution is 5.92. The lowest BCUT2D eigenvalue weighted by molar-refractivity contribution is -0.107. The van der Waals surface area contributed by atoms with Gasteiger partial charge in [0.25, 0.3) is 0 Å². The molecule has 1 N–H and O–H groups in total. The Bertz CT molecular complexity index is 1880. The van der Waals surface area contributed by atoms with Crippen LogP contribution < -0.4 is 5.32 Å². The summed E-state index contributed by atoms with van der Waals surface area (Å²) in [5.41, 5.74) is 7.38. The average Bonchev–Trinajstić information content (AvgIpc) is 3.15. The van der Waals surface area contributed by atoms with E-state index in [-0.39, 0.29) is 10.8 Å². The summed E-state index contributed by atoms with van der Waals surface area (Å²) in [6, 6.07) is 26.4. The lowest BCUT2D eigenvalue weighted by atomic mass is 9.74. The molecule has 0 aliphatic rings. The van der Waals surface area contributed by atoms with E-state index in [1.165, 1.54) is 94.4 Å². The number of aryl methyl sites for hydroxylation is 1. The summed E-state index contributed by atoms with van der Waals surface area (Å²) in [7, 11) is 0. The number of rotatable bonds is 19. The quantitative estimate of drug-likeness (QED) is 0.0596. The van der Waals surface area contributed by atoms with Crippen LogP contribution in [0, 0.1) is 6.92 Å². The van der Waals surface area contributed by atoms with Gasteiger partial charge in [-0.25, -0.2) is 0 Å². The van der Waals surface area contributed by atoms with Crippen molar-refractivity contribution in [1.82, 2.24) is 0 Å². The van der Waals surface area contributed by atoms with E-state index in [1.807, 2.05) is 0 Å². The van der Waals surface area contributed by atoms with E-state index in [2.05, 4.69) is 183 Å². The van der Waals surface area contributed by atoms with Crippen molar-refractivity contribution in [2.24, 2.45) is 0 Å². The fourth-order valence-corrected chi connectivity index (χ4v) is 7.07. The summed E-state index contributed by atoms with van der Waals surface area (Å²) in [5.74, 6) is 0. The minimum atomic E-state index is -0.238. The van der Waals surface area contributed by atoms with Crippen molar-refractivity contribution in [2.75, 3.05) is 11.9 Å². The number of carbonyl (C=O) groups excluding carboxylic acids is 1. The Morgan fingerprint density at radius 2 is 1.23 bits per heavy atom.